The molecule has 3 aliphatic rings. The second-order valence-corrected chi connectivity index (χ2v) is 15.3. The molecule has 9 nitrogen and oxygen atoms in total. The summed E-state index contributed by atoms with van der Waals surface area (Å²) >= 11 is 6.37. The number of anilines is 1. The summed E-state index contributed by atoms with van der Waals surface area (Å²) < 4.78 is 30.0. The minimum Gasteiger partial charge on any atom is -0.490 e. The summed E-state index contributed by atoms with van der Waals surface area (Å²) in [4.78, 5) is 29.0. The zero-order valence-corrected chi connectivity index (χ0v) is 26.7. The first kappa shape index (κ1) is 31.6. The van der Waals surface area contributed by atoms with Crippen LogP contribution in [0.5, 0.6) is 5.75 Å². The monoisotopic (exact) mass is 631 g/mol. The first-order valence-corrected chi connectivity index (χ1v) is 17.1. The van der Waals surface area contributed by atoms with Gasteiger partial charge >= 0.3 is 5.97 Å². The van der Waals surface area contributed by atoms with Gasteiger partial charge in [-0.15, -0.1) is 0 Å². The molecule has 1 amide bonds. The lowest BCUT2D eigenvalue weighted by atomic mass is 9.69. The van der Waals surface area contributed by atoms with E-state index in [2.05, 4.69) is 17.0 Å². The second-order valence-electron chi connectivity index (χ2n) is 12.9. The molecule has 1 saturated carbocycles. The van der Waals surface area contributed by atoms with E-state index in [4.69, 9.17) is 21.5 Å². The lowest BCUT2D eigenvalue weighted by Gasteiger charge is -2.45. The van der Waals surface area contributed by atoms with Gasteiger partial charge in [-0.2, -0.15) is 0 Å². The van der Waals surface area contributed by atoms with Gasteiger partial charge in [0.05, 0.1) is 23.1 Å². The van der Waals surface area contributed by atoms with Gasteiger partial charge in [0.25, 0.3) is 0 Å². The van der Waals surface area contributed by atoms with E-state index in [0.29, 0.717) is 31.4 Å². The summed E-state index contributed by atoms with van der Waals surface area (Å²) in [6.45, 7) is 5.77. The molecule has 234 valence electrons. The molecule has 1 fully saturated rings. The summed E-state index contributed by atoms with van der Waals surface area (Å²) in [5.41, 5.74) is 3.24. The highest BCUT2D eigenvalue weighted by Crippen LogP contribution is 2.46. The van der Waals surface area contributed by atoms with Gasteiger partial charge < -0.3 is 19.6 Å². The van der Waals surface area contributed by atoms with Crippen LogP contribution in [0.2, 0.25) is 5.02 Å². The third-order valence-electron chi connectivity index (χ3n) is 10.1. The lowest BCUT2D eigenvalue weighted by molar-refractivity contribution is -0.132. The van der Waals surface area contributed by atoms with Crippen molar-refractivity contribution in [1.29, 1.82) is 0 Å². The van der Waals surface area contributed by atoms with Crippen LogP contribution >= 0.6 is 11.6 Å². The highest BCUT2D eigenvalue weighted by Gasteiger charge is 2.43. The number of aryl methyl sites for hydroxylation is 1. The Kier molecular flexibility index (Phi) is 9.03. The predicted octanol–water partition coefficient (Wildman–Crippen LogP) is 4.70. The number of nitrogens with two attached hydrogens (primary N) is 1. The van der Waals surface area contributed by atoms with Gasteiger partial charge in [0.1, 0.15) is 5.75 Å². The van der Waals surface area contributed by atoms with Gasteiger partial charge in [-0.25, -0.2) is 18.4 Å². The van der Waals surface area contributed by atoms with Crippen LogP contribution in [0.4, 0.5) is 5.69 Å². The van der Waals surface area contributed by atoms with Crippen LogP contribution in [-0.4, -0.2) is 68.8 Å². The standard InChI is InChI=1S/C32H42ClN3O6S/c1-20(21(2)43(34,40)41)13-30(37)35(3)16-24-6-7-25(24)17-36-18-32(12-4-5-22-14-26(33)9-10-27(22)32)19-42-29-11-8-23(31(38)39)15-28(29)36/h8-11,14-15,20-21,24-25H,4-7,12-13,16-19H2,1-3H3,(H,38,39)(H2,34,40,41)/t20?,21?,24-,25-,32-/m0/s1. The number of primary sulfonamides is 1. The molecule has 11 heteroatoms. The number of aromatic carboxylic acids is 1. The Morgan fingerprint density at radius 1 is 1.19 bits per heavy atom. The van der Waals surface area contributed by atoms with Crippen molar-refractivity contribution in [2.75, 3.05) is 38.2 Å². The van der Waals surface area contributed by atoms with E-state index in [9.17, 15) is 23.1 Å². The molecule has 2 unspecified atom stereocenters. The molecule has 43 heavy (non-hydrogen) atoms. The van der Waals surface area contributed by atoms with Gasteiger partial charge in [-0.3, -0.25) is 4.79 Å². The first-order valence-electron chi connectivity index (χ1n) is 15.1. The van der Waals surface area contributed by atoms with E-state index in [1.807, 2.05) is 6.07 Å². The molecule has 0 bridgehead atoms. The van der Waals surface area contributed by atoms with Crippen LogP contribution in [0.15, 0.2) is 36.4 Å². The van der Waals surface area contributed by atoms with Gasteiger partial charge in [0, 0.05) is 43.5 Å². The summed E-state index contributed by atoms with van der Waals surface area (Å²) in [5.74, 6) is -0.186. The number of carboxylic acids is 1. The Bertz CT molecular complexity index is 1500. The maximum absolute atomic E-state index is 13.0. The number of carbonyl (C=O) groups is 2. The maximum atomic E-state index is 13.0. The topological polar surface area (TPSA) is 130 Å². The van der Waals surface area contributed by atoms with Gasteiger partial charge in [-0.1, -0.05) is 24.6 Å². The fourth-order valence-corrected chi connectivity index (χ4v) is 7.96. The van der Waals surface area contributed by atoms with Crippen LogP contribution in [0, 0.1) is 17.8 Å². The Labute approximate surface area is 259 Å². The van der Waals surface area contributed by atoms with Gasteiger partial charge in [0.15, 0.2) is 0 Å². The Hall–Kier alpha value is -2.82. The number of carboxylic acid groups (broad SMARTS) is 1. The number of sulfonamides is 1. The van der Waals surface area contributed by atoms with Crippen molar-refractivity contribution in [3.8, 4) is 5.75 Å². The van der Waals surface area contributed by atoms with Crippen LogP contribution in [0.25, 0.3) is 0 Å². The zero-order chi connectivity index (χ0) is 31.1. The minimum absolute atomic E-state index is 0.0929. The Balaban J connectivity index is 1.36. The van der Waals surface area contributed by atoms with Crippen molar-refractivity contribution in [2.45, 2.75) is 63.0 Å². The minimum atomic E-state index is -3.71. The number of carbonyl (C=O) groups excluding carboxylic acids is 1. The van der Waals surface area contributed by atoms with Crippen molar-refractivity contribution in [3.05, 3.63) is 58.1 Å². The molecule has 1 aliphatic heterocycles. The number of amides is 1. The number of nitrogens with zero attached hydrogens (tertiary/aromatic N) is 2. The smallest absolute Gasteiger partial charge is 0.335 e. The molecule has 0 radical (unpaired) electrons. The van der Waals surface area contributed by atoms with E-state index < -0.39 is 21.2 Å². The van der Waals surface area contributed by atoms with Gasteiger partial charge in [0.2, 0.25) is 15.9 Å². The van der Waals surface area contributed by atoms with Crippen LogP contribution in [0.3, 0.4) is 0 Å². The second kappa shape index (κ2) is 12.3. The number of hydrogen-bond acceptors (Lipinski definition) is 6. The van der Waals surface area contributed by atoms with Crippen molar-refractivity contribution in [2.24, 2.45) is 22.9 Å². The third kappa shape index (κ3) is 6.66. The fraction of sp³-hybridized carbons (Fsp3) is 0.562. The number of ether oxygens (including phenoxy) is 1. The van der Waals surface area contributed by atoms with Crippen molar-refractivity contribution < 1.29 is 27.9 Å². The van der Waals surface area contributed by atoms with Gasteiger partial charge in [-0.05, 0) is 98.2 Å². The predicted molar refractivity (Wildman–Crippen MR) is 167 cm³/mol. The van der Waals surface area contributed by atoms with E-state index >= 15 is 0 Å². The third-order valence-corrected chi connectivity index (χ3v) is 11.8. The largest absolute Gasteiger partial charge is 0.490 e. The molecular weight excluding hydrogens is 590 g/mol. The van der Waals surface area contributed by atoms with E-state index in [1.165, 1.54) is 11.1 Å². The number of fused-ring (bicyclic) bond motifs is 3. The van der Waals surface area contributed by atoms with E-state index in [1.54, 1.807) is 44.0 Å². The van der Waals surface area contributed by atoms with E-state index in [0.717, 1.165) is 49.4 Å². The average Bonchev–Trinajstić information content (AvgIpc) is 3.09. The maximum Gasteiger partial charge on any atom is 0.335 e. The first-order chi connectivity index (χ1) is 20.3. The molecule has 2 aliphatic carbocycles. The molecule has 0 aromatic heterocycles. The molecule has 5 rings (SSSR count). The SMILES string of the molecule is CC(CC(=O)N(C)C[C@@H]1CC[C@H]1CN1C[C@@]2(CCCc3cc(Cl)ccc32)COc2ccc(C(=O)O)cc21)C(C)S(N)(=O)=O. The number of benzene rings is 2. The highest BCUT2D eigenvalue weighted by atomic mass is 35.5. The Morgan fingerprint density at radius 2 is 1.93 bits per heavy atom. The number of rotatable bonds is 9. The van der Waals surface area contributed by atoms with Crippen LogP contribution in [-0.2, 0) is 26.7 Å². The molecule has 2 aromatic carbocycles. The normalized spacial score (nSPS) is 24.5. The van der Waals surface area contributed by atoms with Crippen molar-refractivity contribution in [3.63, 3.8) is 0 Å². The lowest BCUT2D eigenvalue weighted by Crippen LogP contribution is -2.49. The molecule has 3 N–H and O–H groups in total. The summed E-state index contributed by atoms with van der Waals surface area (Å²) in [6, 6.07) is 11.2. The molecule has 2 aromatic rings. The fourth-order valence-electron chi connectivity index (χ4n) is 7.02. The van der Waals surface area contributed by atoms with E-state index in [-0.39, 0.29) is 35.1 Å². The van der Waals surface area contributed by atoms with Crippen LogP contribution < -0.4 is 14.8 Å². The molecule has 5 atom stereocenters. The quantitative estimate of drug-likeness (QED) is 0.410. The summed E-state index contributed by atoms with van der Waals surface area (Å²) in [5, 5.41) is 15.0. The summed E-state index contributed by atoms with van der Waals surface area (Å²) in [7, 11) is -1.94. The van der Waals surface area contributed by atoms with Crippen molar-refractivity contribution >= 4 is 39.2 Å². The number of hydrogen-bond donors (Lipinski definition) is 2. The highest BCUT2D eigenvalue weighted by molar-refractivity contribution is 7.89. The Morgan fingerprint density at radius 3 is 2.60 bits per heavy atom. The molecule has 0 saturated heterocycles. The molecule has 1 spiro atoms. The number of halogens is 1. The van der Waals surface area contributed by atoms with Crippen molar-refractivity contribution in [1.82, 2.24) is 4.90 Å². The van der Waals surface area contributed by atoms with Crippen LogP contribution in [0.1, 0.15) is 67.4 Å². The summed E-state index contributed by atoms with van der Waals surface area (Å²) in [6.07, 6.45) is 5.06. The zero-order valence-electron chi connectivity index (χ0n) is 25.1. The molecular formula is C32H42ClN3O6S. The molecule has 1 heterocycles. The average molecular weight is 632 g/mol.